The molecule has 7 heteroatoms. The summed E-state index contributed by atoms with van der Waals surface area (Å²) in [5.74, 6) is -0.307. The van der Waals surface area contributed by atoms with Crippen molar-refractivity contribution in [3.05, 3.63) is 35.4 Å². The lowest BCUT2D eigenvalue weighted by atomic mass is 9.98. The minimum Gasteiger partial charge on any atom is -0.352 e. The zero-order chi connectivity index (χ0) is 18.6. The number of hydrogen-bond acceptors (Lipinski definition) is 4. The molecule has 3 rings (SSSR count). The number of sulfonamides is 1. The molecule has 0 saturated carbocycles. The van der Waals surface area contributed by atoms with Crippen LogP contribution in [0.1, 0.15) is 36.8 Å². The molecule has 1 amide bonds. The first-order valence-corrected chi connectivity index (χ1v) is 11.3. The summed E-state index contributed by atoms with van der Waals surface area (Å²) >= 11 is 0. The number of nitrogens with one attached hydrogen (secondary N) is 1. The van der Waals surface area contributed by atoms with Crippen LogP contribution in [-0.4, -0.2) is 56.0 Å². The van der Waals surface area contributed by atoms with Crippen LogP contribution in [0.5, 0.6) is 0 Å². The fourth-order valence-corrected chi connectivity index (χ4v) is 4.76. The lowest BCUT2D eigenvalue weighted by molar-refractivity contribution is -0.126. The lowest BCUT2D eigenvalue weighted by Crippen LogP contribution is -2.44. The van der Waals surface area contributed by atoms with Gasteiger partial charge < -0.3 is 5.32 Å². The average molecular weight is 380 g/mol. The molecule has 2 heterocycles. The molecule has 6 nitrogen and oxygen atoms in total. The molecule has 0 spiro atoms. The summed E-state index contributed by atoms with van der Waals surface area (Å²) in [6.07, 6.45) is 5.21. The van der Waals surface area contributed by atoms with Crippen molar-refractivity contribution in [2.75, 3.05) is 32.4 Å². The number of rotatable bonds is 6. The van der Waals surface area contributed by atoms with Gasteiger partial charge in [-0.05, 0) is 49.9 Å². The third kappa shape index (κ3) is 5.05. The molecular formula is C19H29N3O3S. The van der Waals surface area contributed by atoms with Gasteiger partial charge in [-0.25, -0.2) is 12.7 Å². The fourth-order valence-electron chi connectivity index (χ4n) is 3.85. The number of piperidine rings is 1. The van der Waals surface area contributed by atoms with Gasteiger partial charge in [-0.1, -0.05) is 24.3 Å². The second-order valence-corrected chi connectivity index (χ2v) is 9.41. The van der Waals surface area contributed by atoms with Crippen molar-refractivity contribution in [2.45, 2.75) is 38.8 Å². The lowest BCUT2D eigenvalue weighted by Gasteiger charge is -2.30. The molecule has 26 heavy (non-hydrogen) atoms. The molecule has 1 aromatic carbocycles. The topological polar surface area (TPSA) is 69.7 Å². The van der Waals surface area contributed by atoms with Gasteiger partial charge in [-0.2, -0.15) is 0 Å². The SMILES string of the molecule is CS(=O)(=O)N1CCCC(C(=O)NCc2ccccc2CN2CCCC2)C1. The van der Waals surface area contributed by atoms with Crippen LogP contribution < -0.4 is 5.32 Å². The van der Waals surface area contributed by atoms with Crippen LogP contribution in [0.25, 0.3) is 0 Å². The Hall–Kier alpha value is -1.44. The number of carbonyl (C=O) groups excluding carboxylic acids is 1. The molecular weight excluding hydrogens is 350 g/mol. The summed E-state index contributed by atoms with van der Waals surface area (Å²) in [6, 6.07) is 8.24. The zero-order valence-corrected chi connectivity index (χ0v) is 16.3. The van der Waals surface area contributed by atoms with Gasteiger partial charge >= 0.3 is 0 Å². The van der Waals surface area contributed by atoms with E-state index in [4.69, 9.17) is 0 Å². The summed E-state index contributed by atoms with van der Waals surface area (Å²) in [5, 5.41) is 3.03. The Labute approximate surface area is 156 Å². The Bertz CT molecular complexity index is 729. The van der Waals surface area contributed by atoms with Crippen molar-refractivity contribution < 1.29 is 13.2 Å². The highest BCUT2D eigenvalue weighted by Crippen LogP contribution is 2.20. The van der Waals surface area contributed by atoms with E-state index in [1.807, 2.05) is 12.1 Å². The van der Waals surface area contributed by atoms with Crippen molar-refractivity contribution in [3.8, 4) is 0 Å². The van der Waals surface area contributed by atoms with Crippen LogP contribution in [0, 0.1) is 5.92 Å². The molecule has 0 bridgehead atoms. The predicted octanol–water partition coefficient (Wildman–Crippen LogP) is 1.57. The second-order valence-electron chi connectivity index (χ2n) is 7.43. The summed E-state index contributed by atoms with van der Waals surface area (Å²) in [5.41, 5.74) is 2.40. The standard InChI is InChI=1S/C19H29N3O3S/c1-26(24,25)22-12-6-9-18(15-22)19(23)20-13-16-7-2-3-8-17(16)14-21-10-4-5-11-21/h2-3,7-8,18H,4-6,9-15H2,1H3,(H,20,23). The zero-order valence-electron chi connectivity index (χ0n) is 15.5. The van der Waals surface area contributed by atoms with Gasteiger partial charge in [-0.3, -0.25) is 9.69 Å². The molecule has 1 aromatic rings. The molecule has 1 N–H and O–H groups in total. The van der Waals surface area contributed by atoms with Crippen LogP contribution in [-0.2, 0) is 27.9 Å². The Balaban J connectivity index is 1.57. The van der Waals surface area contributed by atoms with E-state index in [0.29, 0.717) is 19.6 Å². The van der Waals surface area contributed by atoms with Gasteiger partial charge in [0.2, 0.25) is 15.9 Å². The first kappa shape index (κ1) is 19.3. The molecule has 0 radical (unpaired) electrons. The number of amides is 1. The van der Waals surface area contributed by atoms with Gasteiger partial charge in [0.1, 0.15) is 0 Å². The van der Waals surface area contributed by atoms with Crippen LogP contribution in [0.2, 0.25) is 0 Å². The monoisotopic (exact) mass is 379 g/mol. The summed E-state index contributed by atoms with van der Waals surface area (Å²) in [4.78, 5) is 15.0. The number of hydrogen-bond donors (Lipinski definition) is 1. The van der Waals surface area contributed by atoms with E-state index in [1.54, 1.807) is 0 Å². The summed E-state index contributed by atoms with van der Waals surface area (Å²) in [6.45, 7) is 4.52. The first-order valence-electron chi connectivity index (χ1n) is 9.45. The van der Waals surface area contributed by atoms with Crippen LogP contribution in [0.15, 0.2) is 24.3 Å². The van der Waals surface area contributed by atoms with E-state index in [9.17, 15) is 13.2 Å². The van der Waals surface area contributed by atoms with E-state index < -0.39 is 10.0 Å². The molecule has 2 aliphatic heterocycles. The maximum atomic E-state index is 12.6. The van der Waals surface area contributed by atoms with Gasteiger partial charge in [0.15, 0.2) is 0 Å². The Kier molecular flexibility index (Phi) is 6.32. The minimum absolute atomic E-state index is 0.0469. The van der Waals surface area contributed by atoms with Crippen molar-refractivity contribution in [3.63, 3.8) is 0 Å². The second kappa shape index (κ2) is 8.50. The van der Waals surface area contributed by atoms with Gasteiger partial charge in [0, 0.05) is 26.2 Å². The van der Waals surface area contributed by atoms with Crippen molar-refractivity contribution in [1.82, 2.24) is 14.5 Å². The molecule has 2 aliphatic rings. The highest BCUT2D eigenvalue weighted by molar-refractivity contribution is 7.88. The molecule has 2 fully saturated rings. The maximum absolute atomic E-state index is 12.6. The van der Waals surface area contributed by atoms with Gasteiger partial charge in [0.05, 0.1) is 12.2 Å². The molecule has 144 valence electrons. The van der Waals surface area contributed by atoms with E-state index >= 15 is 0 Å². The van der Waals surface area contributed by atoms with E-state index in [-0.39, 0.29) is 11.8 Å². The summed E-state index contributed by atoms with van der Waals surface area (Å²) in [7, 11) is -3.23. The third-order valence-corrected chi connectivity index (χ3v) is 6.66. The number of likely N-dealkylation sites (tertiary alicyclic amines) is 1. The number of nitrogens with zero attached hydrogens (tertiary/aromatic N) is 2. The smallest absolute Gasteiger partial charge is 0.224 e. The third-order valence-electron chi connectivity index (χ3n) is 5.39. The predicted molar refractivity (Wildman–Crippen MR) is 102 cm³/mol. The Morgan fingerprint density at radius 1 is 1.12 bits per heavy atom. The van der Waals surface area contributed by atoms with Crippen molar-refractivity contribution >= 4 is 15.9 Å². The van der Waals surface area contributed by atoms with Crippen LogP contribution in [0.4, 0.5) is 0 Å². The highest BCUT2D eigenvalue weighted by atomic mass is 32.2. The molecule has 0 aliphatic carbocycles. The highest BCUT2D eigenvalue weighted by Gasteiger charge is 2.30. The Morgan fingerprint density at radius 3 is 2.50 bits per heavy atom. The fraction of sp³-hybridized carbons (Fsp3) is 0.632. The summed E-state index contributed by atoms with van der Waals surface area (Å²) < 4.78 is 24.9. The normalized spacial score (nSPS) is 22.4. The minimum atomic E-state index is -3.23. The molecule has 1 unspecified atom stereocenters. The van der Waals surface area contributed by atoms with Crippen LogP contribution >= 0.6 is 0 Å². The van der Waals surface area contributed by atoms with E-state index in [0.717, 1.165) is 38.0 Å². The maximum Gasteiger partial charge on any atom is 0.224 e. The van der Waals surface area contributed by atoms with Gasteiger partial charge in [0.25, 0.3) is 0 Å². The number of benzene rings is 1. The average Bonchev–Trinajstić information content (AvgIpc) is 3.13. The Morgan fingerprint density at radius 2 is 1.81 bits per heavy atom. The quantitative estimate of drug-likeness (QED) is 0.815. The van der Waals surface area contributed by atoms with E-state index in [2.05, 4.69) is 22.3 Å². The molecule has 1 atom stereocenters. The van der Waals surface area contributed by atoms with Crippen molar-refractivity contribution in [1.29, 1.82) is 0 Å². The van der Waals surface area contributed by atoms with Crippen LogP contribution in [0.3, 0.4) is 0 Å². The van der Waals surface area contributed by atoms with E-state index in [1.165, 1.54) is 29.0 Å². The molecule has 2 saturated heterocycles. The molecule has 0 aromatic heterocycles. The number of carbonyl (C=O) groups is 1. The van der Waals surface area contributed by atoms with Crippen molar-refractivity contribution in [2.24, 2.45) is 5.92 Å². The first-order chi connectivity index (χ1) is 12.4. The van der Waals surface area contributed by atoms with Gasteiger partial charge in [-0.15, -0.1) is 0 Å². The largest absolute Gasteiger partial charge is 0.352 e.